The van der Waals surface area contributed by atoms with Crippen LogP contribution in [-0.2, 0) is 9.59 Å². The van der Waals surface area contributed by atoms with E-state index >= 15 is 0 Å². The Labute approximate surface area is 138 Å². The Hall–Kier alpha value is -2.53. The van der Waals surface area contributed by atoms with E-state index in [9.17, 15) is 9.59 Å². The molecule has 1 atom stereocenters. The number of para-hydroxylation sites is 1. The van der Waals surface area contributed by atoms with Crippen LogP contribution >= 0.6 is 11.6 Å². The maximum atomic E-state index is 12.6. The van der Waals surface area contributed by atoms with Crippen LogP contribution in [0.3, 0.4) is 0 Å². The zero-order chi connectivity index (χ0) is 16.4. The number of ether oxygens (including phenoxy) is 1. The van der Waals surface area contributed by atoms with Crippen molar-refractivity contribution in [2.75, 3.05) is 17.3 Å². The molecule has 5 nitrogen and oxygen atoms in total. The molecule has 6 heteroatoms. The highest BCUT2D eigenvalue weighted by atomic mass is 35.5. The summed E-state index contributed by atoms with van der Waals surface area (Å²) in [6.07, 6.45) is 0.0933. The molecule has 2 amide bonds. The van der Waals surface area contributed by atoms with Gasteiger partial charge in [0.05, 0.1) is 29.9 Å². The maximum absolute atomic E-state index is 12.6. The summed E-state index contributed by atoms with van der Waals surface area (Å²) >= 11 is 6.09. The summed E-state index contributed by atoms with van der Waals surface area (Å²) in [5.74, 6) is 0.128. The monoisotopic (exact) mass is 330 g/mol. The van der Waals surface area contributed by atoms with Gasteiger partial charge >= 0.3 is 0 Å². The third-order valence-corrected chi connectivity index (χ3v) is 4.01. The minimum atomic E-state index is -0.621. The van der Waals surface area contributed by atoms with E-state index in [1.54, 1.807) is 49.6 Å². The van der Waals surface area contributed by atoms with Crippen molar-refractivity contribution in [2.45, 2.75) is 12.5 Å². The summed E-state index contributed by atoms with van der Waals surface area (Å²) in [7, 11) is 1.56. The Kier molecular flexibility index (Phi) is 4.21. The van der Waals surface area contributed by atoms with Gasteiger partial charge in [0.1, 0.15) is 11.8 Å². The molecule has 2 aromatic rings. The summed E-state index contributed by atoms with van der Waals surface area (Å²) in [6.45, 7) is 0. The lowest BCUT2D eigenvalue weighted by atomic mass is 10.2. The number of amides is 2. The molecule has 0 aromatic heterocycles. The molecule has 1 fully saturated rings. The van der Waals surface area contributed by atoms with Crippen molar-refractivity contribution >= 4 is 34.8 Å². The molecular weight excluding hydrogens is 316 g/mol. The predicted molar refractivity (Wildman–Crippen MR) is 89.0 cm³/mol. The molecule has 118 valence electrons. The van der Waals surface area contributed by atoms with Crippen LogP contribution in [0.1, 0.15) is 6.42 Å². The van der Waals surface area contributed by atoms with Gasteiger partial charge in [-0.1, -0.05) is 23.7 Å². The number of nitrogens with one attached hydrogen (secondary N) is 1. The molecular formula is C17H15ClN2O3. The fraction of sp³-hybridized carbons (Fsp3) is 0.176. The lowest BCUT2D eigenvalue weighted by molar-refractivity contribution is -0.121. The lowest BCUT2D eigenvalue weighted by Gasteiger charge is -2.17. The number of anilines is 2. The Morgan fingerprint density at radius 3 is 2.48 bits per heavy atom. The molecule has 0 spiro atoms. The van der Waals surface area contributed by atoms with Crippen LogP contribution < -0.4 is 15.0 Å². The second-order valence-corrected chi connectivity index (χ2v) is 5.55. The zero-order valence-corrected chi connectivity index (χ0v) is 13.2. The van der Waals surface area contributed by atoms with E-state index in [2.05, 4.69) is 5.32 Å². The van der Waals surface area contributed by atoms with Crippen molar-refractivity contribution in [3.63, 3.8) is 0 Å². The first kappa shape index (κ1) is 15.4. The smallest absolute Gasteiger partial charge is 0.256 e. The minimum absolute atomic E-state index is 0.0933. The molecule has 1 aliphatic heterocycles. The van der Waals surface area contributed by atoms with E-state index in [1.807, 2.05) is 6.07 Å². The number of halogens is 1. The molecule has 0 aliphatic carbocycles. The third-order valence-electron chi connectivity index (χ3n) is 3.68. The van der Waals surface area contributed by atoms with E-state index in [1.165, 1.54) is 4.90 Å². The molecule has 0 radical (unpaired) electrons. The van der Waals surface area contributed by atoms with Crippen molar-refractivity contribution in [1.29, 1.82) is 0 Å². The number of benzene rings is 2. The van der Waals surface area contributed by atoms with E-state index in [4.69, 9.17) is 16.3 Å². The highest BCUT2D eigenvalue weighted by Gasteiger charge is 2.39. The standard InChI is InChI=1S/C17H15ClN2O3/c1-23-12-8-6-11(7-9-12)20-16(21)10-15(17(20)22)19-14-5-3-2-4-13(14)18/h2-9,15,19H,10H2,1H3/t15-/m0/s1. The number of rotatable bonds is 4. The topological polar surface area (TPSA) is 58.6 Å². The number of hydrogen-bond donors (Lipinski definition) is 1. The Morgan fingerprint density at radius 2 is 1.83 bits per heavy atom. The summed E-state index contributed by atoms with van der Waals surface area (Å²) < 4.78 is 5.08. The second-order valence-electron chi connectivity index (χ2n) is 5.15. The van der Waals surface area contributed by atoms with Gasteiger partial charge in [-0.25, -0.2) is 4.90 Å². The van der Waals surface area contributed by atoms with Crippen LogP contribution in [-0.4, -0.2) is 25.0 Å². The SMILES string of the molecule is COc1ccc(N2C(=O)C[C@H](Nc3ccccc3Cl)C2=O)cc1. The molecule has 2 aromatic carbocycles. The van der Waals surface area contributed by atoms with Gasteiger partial charge in [-0.3, -0.25) is 9.59 Å². The summed E-state index contributed by atoms with van der Waals surface area (Å²) in [6, 6.07) is 13.3. The molecule has 0 unspecified atom stereocenters. The normalized spacial score (nSPS) is 17.5. The molecule has 1 heterocycles. The molecule has 1 aliphatic rings. The quantitative estimate of drug-likeness (QED) is 0.875. The number of methoxy groups -OCH3 is 1. The fourth-order valence-electron chi connectivity index (χ4n) is 2.51. The first-order valence-electron chi connectivity index (χ1n) is 7.12. The van der Waals surface area contributed by atoms with E-state index in [0.717, 1.165) is 0 Å². The van der Waals surface area contributed by atoms with Crippen LogP contribution in [0.15, 0.2) is 48.5 Å². The minimum Gasteiger partial charge on any atom is -0.497 e. The third kappa shape index (κ3) is 3.00. The van der Waals surface area contributed by atoms with Crippen LogP contribution in [0.5, 0.6) is 5.75 Å². The second kappa shape index (κ2) is 6.30. The van der Waals surface area contributed by atoms with Crippen molar-refractivity contribution in [1.82, 2.24) is 0 Å². The number of carbonyl (C=O) groups is 2. The van der Waals surface area contributed by atoms with E-state index < -0.39 is 6.04 Å². The molecule has 0 saturated carbocycles. The average molecular weight is 331 g/mol. The molecule has 1 N–H and O–H groups in total. The van der Waals surface area contributed by atoms with Crippen molar-refractivity contribution in [3.05, 3.63) is 53.6 Å². The first-order chi connectivity index (χ1) is 11.1. The fourth-order valence-corrected chi connectivity index (χ4v) is 2.70. The summed E-state index contributed by atoms with van der Waals surface area (Å²) in [5.41, 5.74) is 1.17. The highest BCUT2D eigenvalue weighted by Crippen LogP contribution is 2.28. The maximum Gasteiger partial charge on any atom is 0.256 e. The summed E-state index contributed by atoms with van der Waals surface area (Å²) in [4.78, 5) is 26.0. The number of imide groups is 1. The van der Waals surface area contributed by atoms with Crippen LogP contribution in [0.4, 0.5) is 11.4 Å². The molecule has 23 heavy (non-hydrogen) atoms. The van der Waals surface area contributed by atoms with Gasteiger partial charge in [0.25, 0.3) is 5.91 Å². The largest absolute Gasteiger partial charge is 0.497 e. The number of nitrogens with zero attached hydrogens (tertiary/aromatic N) is 1. The van der Waals surface area contributed by atoms with Gasteiger partial charge < -0.3 is 10.1 Å². The zero-order valence-electron chi connectivity index (χ0n) is 12.5. The Balaban J connectivity index is 1.80. The number of carbonyl (C=O) groups excluding carboxylic acids is 2. The van der Waals surface area contributed by atoms with Crippen LogP contribution in [0.25, 0.3) is 0 Å². The van der Waals surface area contributed by atoms with Crippen molar-refractivity contribution in [2.24, 2.45) is 0 Å². The van der Waals surface area contributed by atoms with E-state index in [-0.39, 0.29) is 18.2 Å². The van der Waals surface area contributed by atoms with Gasteiger partial charge in [-0.15, -0.1) is 0 Å². The highest BCUT2D eigenvalue weighted by molar-refractivity contribution is 6.33. The van der Waals surface area contributed by atoms with Crippen LogP contribution in [0.2, 0.25) is 5.02 Å². The van der Waals surface area contributed by atoms with Gasteiger partial charge in [0, 0.05) is 0 Å². The summed E-state index contributed by atoms with van der Waals surface area (Å²) in [5, 5.41) is 3.55. The first-order valence-corrected chi connectivity index (χ1v) is 7.50. The molecule has 3 rings (SSSR count). The van der Waals surface area contributed by atoms with Gasteiger partial charge in [0.15, 0.2) is 0 Å². The van der Waals surface area contributed by atoms with Crippen molar-refractivity contribution in [3.8, 4) is 5.75 Å². The number of hydrogen-bond acceptors (Lipinski definition) is 4. The van der Waals surface area contributed by atoms with Gasteiger partial charge in [0.2, 0.25) is 5.91 Å². The van der Waals surface area contributed by atoms with Crippen molar-refractivity contribution < 1.29 is 14.3 Å². The predicted octanol–water partition coefficient (Wildman–Crippen LogP) is 3.09. The average Bonchev–Trinajstić information content (AvgIpc) is 2.84. The van der Waals surface area contributed by atoms with E-state index in [0.29, 0.717) is 22.1 Å². The lowest BCUT2D eigenvalue weighted by Crippen LogP contribution is -2.34. The Morgan fingerprint density at radius 1 is 1.13 bits per heavy atom. The Bertz CT molecular complexity index is 746. The van der Waals surface area contributed by atoms with Crippen LogP contribution in [0, 0.1) is 0 Å². The van der Waals surface area contributed by atoms with Gasteiger partial charge in [-0.2, -0.15) is 0 Å². The molecule has 1 saturated heterocycles. The van der Waals surface area contributed by atoms with Gasteiger partial charge in [-0.05, 0) is 36.4 Å². The molecule has 0 bridgehead atoms.